The van der Waals surface area contributed by atoms with E-state index in [9.17, 15) is 4.79 Å². The van der Waals surface area contributed by atoms with Gasteiger partial charge >= 0.3 is 0 Å². The lowest BCUT2D eigenvalue weighted by molar-refractivity contribution is -0.112. The summed E-state index contributed by atoms with van der Waals surface area (Å²) in [6.45, 7) is 2.25. The Morgan fingerprint density at radius 1 is 1.41 bits per heavy atom. The van der Waals surface area contributed by atoms with Crippen LogP contribution in [0.5, 0.6) is 0 Å². The number of carbonyl (C=O) groups is 1. The Morgan fingerprint density at radius 3 is 2.83 bits per heavy atom. The summed E-state index contributed by atoms with van der Waals surface area (Å²) in [5.74, 6) is -0.211. The third kappa shape index (κ3) is 5.66. The van der Waals surface area contributed by atoms with Crippen molar-refractivity contribution in [2.24, 2.45) is 10.7 Å². The van der Waals surface area contributed by atoms with E-state index < -0.39 is 5.91 Å². The van der Waals surface area contributed by atoms with Gasteiger partial charge in [0.05, 0.1) is 19.6 Å². The number of amides is 1. The molecule has 0 unspecified atom stereocenters. The predicted octanol–water partition coefficient (Wildman–Crippen LogP) is 1.28. The van der Waals surface area contributed by atoms with E-state index in [1.807, 2.05) is 6.92 Å². The Hall–Kier alpha value is -4.15. The minimum atomic E-state index is -0.604. The van der Waals surface area contributed by atoms with E-state index in [1.165, 1.54) is 36.8 Å². The number of methoxy groups -OCH3 is 1. The number of hydrogen-bond donors (Lipinski definition) is 4. The molecule has 0 saturated carbocycles. The number of anilines is 1. The second kappa shape index (κ2) is 10.3. The van der Waals surface area contributed by atoms with Crippen molar-refractivity contribution in [3.63, 3.8) is 0 Å². The molecule has 0 aliphatic carbocycles. The van der Waals surface area contributed by atoms with Gasteiger partial charge in [0.2, 0.25) is 0 Å². The first-order chi connectivity index (χ1) is 14.0. The van der Waals surface area contributed by atoms with Gasteiger partial charge in [0, 0.05) is 25.2 Å². The maximum atomic E-state index is 12.7. The average molecular weight is 395 g/mol. The van der Waals surface area contributed by atoms with Gasteiger partial charge in [-0.25, -0.2) is 15.0 Å². The molecular weight excluding hydrogens is 374 g/mol. The van der Waals surface area contributed by atoms with E-state index in [-0.39, 0.29) is 23.1 Å². The fourth-order valence-corrected chi connectivity index (χ4v) is 2.11. The SMILES string of the molecule is CCN(C=N)C(=N)c1cccc(NC(=O)C(C=Nc2cnccn2)=C(N)OC)n1. The standard InChI is InChI=1S/C18H21N9O2/c1-3-27(11-19)16(20)13-5-4-6-14(25-13)26-18(28)12(17(21)29-2)9-24-15-10-22-7-8-23-15/h4-11,19-20H,3,21H2,1-2H3,(H,25,26,28). The van der Waals surface area contributed by atoms with Crippen LogP contribution >= 0.6 is 0 Å². The van der Waals surface area contributed by atoms with Crippen LogP contribution in [-0.4, -0.2) is 57.8 Å². The van der Waals surface area contributed by atoms with Crippen LogP contribution in [0.4, 0.5) is 11.6 Å². The number of aliphatic imine (C=N–C) groups is 1. The van der Waals surface area contributed by atoms with Crippen molar-refractivity contribution in [3.8, 4) is 0 Å². The van der Waals surface area contributed by atoms with E-state index in [0.29, 0.717) is 18.1 Å². The quantitative estimate of drug-likeness (QED) is 0.226. The normalized spacial score (nSPS) is 11.5. The molecule has 0 aliphatic heterocycles. The minimum absolute atomic E-state index is 0.0323. The minimum Gasteiger partial charge on any atom is -0.482 e. The third-order valence-electron chi connectivity index (χ3n) is 3.62. The fourth-order valence-electron chi connectivity index (χ4n) is 2.11. The molecule has 0 atom stereocenters. The van der Waals surface area contributed by atoms with E-state index in [2.05, 4.69) is 25.3 Å². The lowest BCUT2D eigenvalue weighted by Crippen LogP contribution is -2.30. The first-order valence-corrected chi connectivity index (χ1v) is 8.48. The van der Waals surface area contributed by atoms with Gasteiger partial charge in [-0.15, -0.1) is 0 Å². The van der Waals surface area contributed by atoms with Crippen LogP contribution in [0.15, 0.2) is 53.2 Å². The van der Waals surface area contributed by atoms with Gasteiger partial charge in [-0.3, -0.25) is 20.6 Å². The van der Waals surface area contributed by atoms with Gasteiger partial charge in [-0.1, -0.05) is 6.07 Å². The molecule has 2 rings (SSSR count). The lowest BCUT2D eigenvalue weighted by Gasteiger charge is -2.17. The first-order valence-electron chi connectivity index (χ1n) is 8.48. The van der Waals surface area contributed by atoms with Crippen molar-refractivity contribution >= 4 is 35.9 Å². The summed E-state index contributed by atoms with van der Waals surface area (Å²) in [7, 11) is 1.33. The Labute approximate surface area is 167 Å². The Kier molecular flexibility index (Phi) is 7.48. The zero-order chi connectivity index (χ0) is 21.2. The van der Waals surface area contributed by atoms with Crippen molar-refractivity contribution in [2.75, 3.05) is 19.0 Å². The number of hydrogen-bond acceptors (Lipinski definition) is 9. The molecule has 2 heterocycles. The molecule has 5 N–H and O–H groups in total. The molecule has 0 bridgehead atoms. The van der Waals surface area contributed by atoms with Crippen molar-refractivity contribution in [3.05, 3.63) is 53.9 Å². The van der Waals surface area contributed by atoms with Crippen LogP contribution in [0.3, 0.4) is 0 Å². The van der Waals surface area contributed by atoms with E-state index >= 15 is 0 Å². The summed E-state index contributed by atoms with van der Waals surface area (Å²) in [5, 5.41) is 18.1. The van der Waals surface area contributed by atoms with Crippen molar-refractivity contribution in [1.82, 2.24) is 19.9 Å². The van der Waals surface area contributed by atoms with Crippen molar-refractivity contribution in [1.29, 1.82) is 10.8 Å². The number of pyridine rings is 1. The molecule has 2 aromatic rings. The van der Waals surface area contributed by atoms with Crippen LogP contribution in [0, 0.1) is 10.8 Å². The molecule has 0 aliphatic rings. The lowest BCUT2D eigenvalue weighted by atomic mass is 10.2. The summed E-state index contributed by atoms with van der Waals surface area (Å²) in [6.07, 6.45) is 6.65. The van der Waals surface area contributed by atoms with Crippen LogP contribution < -0.4 is 11.1 Å². The van der Waals surface area contributed by atoms with Crippen LogP contribution in [0.2, 0.25) is 0 Å². The number of carbonyl (C=O) groups excluding carboxylic acids is 1. The summed E-state index contributed by atoms with van der Waals surface area (Å²) < 4.78 is 4.97. The van der Waals surface area contributed by atoms with Gasteiger partial charge < -0.3 is 20.7 Å². The molecule has 11 nitrogen and oxygen atoms in total. The largest absolute Gasteiger partial charge is 0.482 e. The maximum absolute atomic E-state index is 12.7. The second-order valence-electron chi connectivity index (χ2n) is 5.43. The van der Waals surface area contributed by atoms with Gasteiger partial charge in [0.15, 0.2) is 17.5 Å². The van der Waals surface area contributed by atoms with Crippen LogP contribution in [0.25, 0.3) is 0 Å². The molecule has 29 heavy (non-hydrogen) atoms. The summed E-state index contributed by atoms with van der Waals surface area (Å²) in [5.41, 5.74) is 6.04. The van der Waals surface area contributed by atoms with Crippen LogP contribution in [-0.2, 0) is 9.53 Å². The molecule has 0 saturated heterocycles. The molecule has 0 fully saturated rings. The topological polar surface area (TPSA) is 166 Å². The Morgan fingerprint density at radius 2 is 2.21 bits per heavy atom. The summed E-state index contributed by atoms with van der Waals surface area (Å²) in [6, 6.07) is 4.82. The molecule has 1 amide bonds. The van der Waals surface area contributed by atoms with Gasteiger partial charge in [0.1, 0.15) is 17.1 Å². The monoisotopic (exact) mass is 395 g/mol. The van der Waals surface area contributed by atoms with Gasteiger partial charge in [-0.2, -0.15) is 0 Å². The van der Waals surface area contributed by atoms with Crippen molar-refractivity contribution in [2.45, 2.75) is 6.92 Å². The molecule has 0 aromatic carbocycles. The number of nitrogens with one attached hydrogen (secondary N) is 3. The summed E-state index contributed by atoms with van der Waals surface area (Å²) >= 11 is 0. The number of aromatic nitrogens is 3. The van der Waals surface area contributed by atoms with Crippen molar-refractivity contribution < 1.29 is 9.53 Å². The molecule has 150 valence electrons. The second-order valence-corrected chi connectivity index (χ2v) is 5.43. The van der Waals surface area contributed by atoms with E-state index in [1.54, 1.807) is 18.2 Å². The van der Waals surface area contributed by atoms with E-state index in [4.69, 9.17) is 21.3 Å². The highest BCUT2D eigenvalue weighted by Gasteiger charge is 2.16. The zero-order valence-corrected chi connectivity index (χ0v) is 16.0. The third-order valence-corrected chi connectivity index (χ3v) is 3.62. The van der Waals surface area contributed by atoms with Gasteiger partial charge in [0.25, 0.3) is 5.91 Å². The number of nitrogens with two attached hydrogens (primary N) is 1. The fraction of sp³-hybridized carbons (Fsp3) is 0.167. The Balaban J connectivity index is 2.24. The molecule has 0 spiro atoms. The number of nitrogens with zero attached hydrogens (tertiary/aromatic N) is 5. The highest BCUT2D eigenvalue weighted by atomic mass is 16.5. The highest BCUT2D eigenvalue weighted by molar-refractivity contribution is 6.18. The van der Waals surface area contributed by atoms with Crippen LogP contribution in [0.1, 0.15) is 12.6 Å². The average Bonchev–Trinajstić information content (AvgIpc) is 2.75. The van der Waals surface area contributed by atoms with Gasteiger partial charge in [-0.05, 0) is 19.1 Å². The zero-order valence-electron chi connectivity index (χ0n) is 16.0. The maximum Gasteiger partial charge on any atom is 0.263 e. The molecule has 11 heteroatoms. The molecule has 2 aromatic heterocycles. The van der Waals surface area contributed by atoms with E-state index in [0.717, 1.165) is 6.34 Å². The number of amidine groups is 1. The number of rotatable bonds is 8. The number of ether oxygens (including phenoxy) is 1. The Bertz CT molecular complexity index is 941. The smallest absolute Gasteiger partial charge is 0.263 e. The highest BCUT2D eigenvalue weighted by Crippen LogP contribution is 2.11. The molecular formula is C18H21N9O2. The summed E-state index contributed by atoms with van der Waals surface area (Å²) in [4.78, 5) is 30.2. The molecule has 0 radical (unpaired) electrons. The first kappa shape index (κ1) is 21.2. The predicted molar refractivity (Wildman–Crippen MR) is 109 cm³/mol.